The molecule has 0 radical (unpaired) electrons. The fraction of sp³-hybridized carbons (Fsp3) is 0.130. The molecule has 2 aromatic heterocycles. The Labute approximate surface area is 196 Å². The zero-order chi connectivity index (χ0) is 23.5. The van der Waals surface area contributed by atoms with Crippen molar-refractivity contribution in [3.8, 4) is 11.3 Å². The van der Waals surface area contributed by atoms with Gasteiger partial charge in [-0.15, -0.1) is 0 Å². The number of rotatable bonds is 7. The van der Waals surface area contributed by atoms with Crippen LogP contribution in [0, 0.1) is 11.6 Å². The Hall–Kier alpha value is -3.30. The molecule has 0 fully saturated rings. The first-order valence-corrected chi connectivity index (χ1v) is 11.7. The van der Waals surface area contributed by atoms with Crippen LogP contribution in [0.15, 0.2) is 54.7 Å². The Morgan fingerprint density at radius 2 is 2.00 bits per heavy atom. The van der Waals surface area contributed by atoms with Crippen LogP contribution < -0.4 is 10.0 Å². The van der Waals surface area contributed by atoms with Crippen LogP contribution in [0.25, 0.3) is 22.3 Å². The van der Waals surface area contributed by atoms with E-state index in [0.717, 1.165) is 23.4 Å². The number of carbonyl (C=O) groups excluding carboxylic acids is 1. The van der Waals surface area contributed by atoms with E-state index in [0.29, 0.717) is 22.5 Å². The lowest BCUT2D eigenvalue weighted by Gasteiger charge is -2.11. The summed E-state index contributed by atoms with van der Waals surface area (Å²) in [6, 6.07) is 12.8. The molecular weight excluding hydrogens is 470 g/mol. The summed E-state index contributed by atoms with van der Waals surface area (Å²) in [5, 5.41) is 3.75. The Morgan fingerprint density at radius 1 is 1.18 bits per heavy atom. The maximum absolute atomic E-state index is 14.8. The van der Waals surface area contributed by atoms with Crippen LogP contribution in [0.2, 0.25) is 5.02 Å². The number of benzene rings is 2. The summed E-state index contributed by atoms with van der Waals surface area (Å²) in [5.41, 5.74) is 1.49. The number of fused-ring (bicyclic) bond motifs is 1. The molecule has 0 aliphatic heterocycles. The van der Waals surface area contributed by atoms with E-state index < -0.39 is 34.1 Å². The zero-order valence-electron chi connectivity index (χ0n) is 17.4. The van der Waals surface area contributed by atoms with Crippen LogP contribution in [0.3, 0.4) is 0 Å². The van der Waals surface area contributed by atoms with Crippen molar-refractivity contribution in [2.45, 2.75) is 13.3 Å². The molecule has 170 valence electrons. The first-order chi connectivity index (χ1) is 15.9. The molecule has 6 nitrogen and oxygen atoms in total. The molecule has 10 heteroatoms. The van der Waals surface area contributed by atoms with Crippen molar-refractivity contribution >= 4 is 50.9 Å². The molecule has 4 rings (SSSR count). The number of halogens is 3. The average molecular weight is 489 g/mol. The lowest BCUT2D eigenvalue weighted by atomic mass is 10.1. The highest BCUT2D eigenvalue weighted by atomic mass is 35.5. The third kappa shape index (κ3) is 5.04. The van der Waals surface area contributed by atoms with E-state index in [1.54, 1.807) is 18.2 Å². The summed E-state index contributed by atoms with van der Waals surface area (Å²) >= 11 is 6.05. The van der Waals surface area contributed by atoms with Gasteiger partial charge in [0.2, 0.25) is 0 Å². The molecule has 2 heterocycles. The van der Waals surface area contributed by atoms with E-state index in [-0.39, 0.29) is 17.1 Å². The smallest absolute Gasteiger partial charge is 0.261 e. The number of amides is 1. The number of nitrogens with zero attached hydrogens (tertiary/aromatic N) is 1. The van der Waals surface area contributed by atoms with Gasteiger partial charge in [-0.1, -0.05) is 30.7 Å². The van der Waals surface area contributed by atoms with Crippen molar-refractivity contribution in [1.29, 1.82) is 0 Å². The van der Waals surface area contributed by atoms with Crippen molar-refractivity contribution in [2.75, 3.05) is 15.8 Å². The van der Waals surface area contributed by atoms with Crippen molar-refractivity contribution < 1.29 is 17.8 Å². The third-order valence-corrected chi connectivity index (χ3v) is 6.26. The second kappa shape index (κ2) is 9.68. The van der Waals surface area contributed by atoms with Crippen LogP contribution >= 0.6 is 11.6 Å². The highest BCUT2D eigenvalue weighted by Gasteiger charge is 2.22. The third-order valence-electron chi connectivity index (χ3n) is 4.80. The zero-order valence-corrected chi connectivity index (χ0v) is 19.0. The van der Waals surface area contributed by atoms with E-state index >= 15 is 0 Å². The number of hydrogen-bond acceptors (Lipinski definition) is 3. The van der Waals surface area contributed by atoms with Crippen molar-refractivity contribution in [1.82, 2.24) is 9.97 Å². The van der Waals surface area contributed by atoms with Gasteiger partial charge in [0.25, 0.3) is 5.91 Å². The van der Waals surface area contributed by atoms with E-state index in [4.69, 9.17) is 11.6 Å². The van der Waals surface area contributed by atoms with Crippen molar-refractivity contribution in [2.24, 2.45) is 0 Å². The van der Waals surface area contributed by atoms with Crippen molar-refractivity contribution in [3.05, 3.63) is 76.9 Å². The Balaban J connectivity index is 1.59. The van der Waals surface area contributed by atoms with Gasteiger partial charge in [0.15, 0.2) is 5.82 Å². The van der Waals surface area contributed by atoms with Gasteiger partial charge in [0, 0.05) is 21.9 Å². The quantitative estimate of drug-likeness (QED) is 0.302. The molecule has 0 saturated carbocycles. The summed E-state index contributed by atoms with van der Waals surface area (Å²) in [5.74, 6) is -2.84. The standard InChI is InChI=1S/C23H19ClF2N4O2S/c1-2-8-33(32)30-18-7-6-17(25)20(21(18)26)23(31)28-16-10-14-11-19(29-22(14)27-12-16)13-4-3-5-15(24)9-13/h3-7,9-12,30H,2,8H2,1H3,(H,27,29)(H,28,31). The van der Waals surface area contributed by atoms with Gasteiger partial charge in [0.05, 0.1) is 17.6 Å². The number of anilines is 2. The maximum atomic E-state index is 14.8. The number of nitrogens with one attached hydrogen (secondary N) is 3. The number of aromatic amines is 1. The number of hydrogen-bond donors (Lipinski definition) is 3. The molecule has 4 aromatic rings. The second-order valence-corrected chi connectivity index (χ2v) is 8.98. The van der Waals surface area contributed by atoms with E-state index in [2.05, 4.69) is 20.0 Å². The predicted molar refractivity (Wildman–Crippen MR) is 128 cm³/mol. The summed E-state index contributed by atoms with van der Waals surface area (Å²) in [6.07, 6.45) is 2.00. The Kier molecular flexibility index (Phi) is 6.71. The topological polar surface area (TPSA) is 86.9 Å². The average Bonchev–Trinajstić information content (AvgIpc) is 3.19. The Bertz CT molecular complexity index is 1380. The van der Waals surface area contributed by atoms with Gasteiger partial charge in [-0.25, -0.2) is 18.0 Å². The van der Waals surface area contributed by atoms with E-state index in [1.807, 2.05) is 25.1 Å². The van der Waals surface area contributed by atoms with Crippen LogP contribution in [-0.4, -0.2) is 25.8 Å². The largest absolute Gasteiger partial charge is 0.339 e. The minimum Gasteiger partial charge on any atom is -0.339 e. The SMILES string of the molecule is CCCS(=O)Nc1ccc(F)c(C(=O)Nc2cnc3[nH]c(-c4cccc(Cl)c4)cc3c2)c1F. The lowest BCUT2D eigenvalue weighted by Crippen LogP contribution is -2.18. The van der Waals surface area contributed by atoms with Gasteiger partial charge >= 0.3 is 0 Å². The summed E-state index contributed by atoms with van der Waals surface area (Å²) in [4.78, 5) is 20.1. The summed E-state index contributed by atoms with van der Waals surface area (Å²) in [6.45, 7) is 1.83. The number of H-pyrrole nitrogens is 1. The lowest BCUT2D eigenvalue weighted by molar-refractivity contribution is 0.101. The molecule has 1 amide bonds. The molecular formula is C23H19ClF2N4O2S. The van der Waals surface area contributed by atoms with Crippen molar-refractivity contribution in [3.63, 3.8) is 0 Å². The highest BCUT2D eigenvalue weighted by Crippen LogP contribution is 2.27. The highest BCUT2D eigenvalue weighted by molar-refractivity contribution is 7.86. The number of aromatic nitrogens is 2. The van der Waals surface area contributed by atoms with Gasteiger partial charge < -0.3 is 15.0 Å². The first-order valence-electron chi connectivity index (χ1n) is 10.0. The minimum atomic E-state index is -1.54. The summed E-state index contributed by atoms with van der Waals surface area (Å²) in [7, 11) is -1.54. The predicted octanol–water partition coefficient (Wildman–Crippen LogP) is 5.90. The first kappa shape index (κ1) is 22.9. The maximum Gasteiger partial charge on any atom is 0.261 e. The Morgan fingerprint density at radius 3 is 2.76 bits per heavy atom. The molecule has 2 aromatic carbocycles. The van der Waals surface area contributed by atoms with Gasteiger partial charge in [-0.05, 0) is 48.4 Å². The molecule has 1 unspecified atom stereocenters. The molecule has 0 spiro atoms. The van der Waals surface area contributed by atoms with E-state index in [1.165, 1.54) is 6.20 Å². The van der Waals surface area contributed by atoms with Crippen LogP contribution in [0.4, 0.5) is 20.2 Å². The summed E-state index contributed by atoms with van der Waals surface area (Å²) < 4.78 is 43.5. The van der Waals surface area contributed by atoms with Crippen LogP contribution in [0.5, 0.6) is 0 Å². The number of pyridine rings is 1. The van der Waals surface area contributed by atoms with Crippen LogP contribution in [0.1, 0.15) is 23.7 Å². The second-order valence-electron chi connectivity index (χ2n) is 7.24. The fourth-order valence-corrected chi connectivity index (χ4v) is 4.35. The normalized spacial score (nSPS) is 12.0. The molecule has 1 atom stereocenters. The molecule has 0 aliphatic rings. The van der Waals surface area contributed by atoms with Gasteiger partial charge in [0.1, 0.15) is 28.0 Å². The monoisotopic (exact) mass is 488 g/mol. The van der Waals surface area contributed by atoms with Gasteiger partial charge in [-0.3, -0.25) is 4.79 Å². The number of carbonyl (C=O) groups is 1. The molecule has 0 aliphatic carbocycles. The van der Waals surface area contributed by atoms with Gasteiger partial charge in [-0.2, -0.15) is 0 Å². The molecule has 3 N–H and O–H groups in total. The molecule has 33 heavy (non-hydrogen) atoms. The van der Waals surface area contributed by atoms with Crippen LogP contribution in [-0.2, 0) is 11.0 Å². The fourth-order valence-electron chi connectivity index (χ4n) is 3.29. The van der Waals surface area contributed by atoms with E-state index in [9.17, 15) is 17.8 Å². The minimum absolute atomic E-state index is 0.210. The molecule has 0 bridgehead atoms. The molecule has 0 saturated heterocycles.